The first-order valence-corrected chi connectivity index (χ1v) is 2.71. The molecule has 4 heteroatoms. The quantitative estimate of drug-likeness (QED) is 0.626. The van der Waals surface area contributed by atoms with Crippen molar-refractivity contribution >= 4 is 5.91 Å². The zero-order valence-electron chi connectivity index (χ0n) is 5.38. The van der Waals surface area contributed by atoms with E-state index in [9.17, 15) is 9.90 Å². The Labute approximate surface area is 57.5 Å². The van der Waals surface area contributed by atoms with Crippen LogP contribution in [0.25, 0.3) is 0 Å². The number of hydrogen-bond acceptors (Lipinski definition) is 2. The molecule has 0 aliphatic rings. The molecule has 1 aromatic rings. The molecular weight excluding hydrogens is 134 g/mol. The first kappa shape index (κ1) is 6.67. The Morgan fingerprint density at radius 2 is 2.40 bits per heavy atom. The number of amides is 1. The summed E-state index contributed by atoms with van der Waals surface area (Å²) < 4.78 is 4.59. The lowest BCUT2D eigenvalue weighted by Gasteiger charge is -1.89. The summed E-state index contributed by atoms with van der Waals surface area (Å²) in [4.78, 5) is 10.7. The fourth-order valence-corrected chi connectivity index (χ4v) is 0.561. The second-order valence-corrected chi connectivity index (χ2v) is 1.73. The van der Waals surface area contributed by atoms with Gasteiger partial charge in [0.05, 0.1) is 0 Å². The van der Waals surface area contributed by atoms with Crippen molar-refractivity contribution in [3.63, 3.8) is 0 Å². The third-order valence-electron chi connectivity index (χ3n) is 1.03. The van der Waals surface area contributed by atoms with E-state index < -0.39 is 0 Å². The van der Waals surface area contributed by atoms with Crippen LogP contribution >= 0.6 is 0 Å². The lowest BCUT2D eigenvalue weighted by molar-refractivity contribution is 0.0935. The monoisotopic (exact) mass is 140 g/mol. The standard InChI is InChI=1S/C6H6NO3/c1-7-6(9)5-2-4(8)3-10-5/h2-3H,1H3,(H,7,9). The summed E-state index contributed by atoms with van der Waals surface area (Å²) in [6.45, 7) is 0. The maximum absolute atomic E-state index is 10.7. The highest BCUT2D eigenvalue weighted by Gasteiger charge is 2.08. The van der Waals surface area contributed by atoms with Gasteiger partial charge in [-0.15, -0.1) is 0 Å². The highest BCUT2D eigenvalue weighted by Crippen LogP contribution is 2.13. The number of furan rings is 1. The van der Waals surface area contributed by atoms with Gasteiger partial charge in [-0.3, -0.25) is 9.90 Å². The molecule has 0 saturated carbocycles. The van der Waals surface area contributed by atoms with Crippen molar-refractivity contribution in [3.8, 4) is 5.75 Å². The predicted molar refractivity (Wildman–Crippen MR) is 32.2 cm³/mol. The molecule has 0 fully saturated rings. The number of hydrogen-bond donors (Lipinski definition) is 1. The Bertz CT molecular complexity index is 241. The van der Waals surface area contributed by atoms with Crippen molar-refractivity contribution in [1.82, 2.24) is 5.32 Å². The summed E-state index contributed by atoms with van der Waals surface area (Å²) in [7, 11) is 1.47. The molecule has 10 heavy (non-hydrogen) atoms. The average molecular weight is 140 g/mol. The Balaban J connectivity index is 2.85. The van der Waals surface area contributed by atoms with Gasteiger partial charge in [0.15, 0.2) is 5.76 Å². The zero-order chi connectivity index (χ0) is 7.56. The third-order valence-corrected chi connectivity index (χ3v) is 1.03. The zero-order valence-corrected chi connectivity index (χ0v) is 5.38. The van der Waals surface area contributed by atoms with Crippen LogP contribution in [0.1, 0.15) is 10.6 Å². The van der Waals surface area contributed by atoms with Crippen LogP contribution in [0.3, 0.4) is 0 Å². The van der Waals surface area contributed by atoms with Gasteiger partial charge < -0.3 is 9.73 Å². The number of rotatable bonds is 1. The first-order chi connectivity index (χ1) is 4.74. The fourth-order valence-electron chi connectivity index (χ4n) is 0.561. The van der Waals surface area contributed by atoms with Crippen LogP contribution in [0.5, 0.6) is 5.75 Å². The molecule has 1 N–H and O–H groups in total. The van der Waals surface area contributed by atoms with E-state index in [4.69, 9.17) is 0 Å². The third kappa shape index (κ3) is 1.10. The first-order valence-electron chi connectivity index (χ1n) is 2.71. The second-order valence-electron chi connectivity index (χ2n) is 1.73. The van der Waals surface area contributed by atoms with Crippen molar-refractivity contribution in [3.05, 3.63) is 18.1 Å². The Morgan fingerprint density at radius 3 is 2.80 bits per heavy atom. The minimum Gasteiger partial charge on any atom is -0.455 e. The minimum atomic E-state index is -0.387. The smallest absolute Gasteiger partial charge is 0.286 e. The summed E-state index contributed by atoms with van der Waals surface area (Å²) >= 11 is 0. The number of carbonyl (C=O) groups excluding carboxylic acids is 1. The van der Waals surface area contributed by atoms with Gasteiger partial charge >= 0.3 is 0 Å². The van der Waals surface area contributed by atoms with Crippen LogP contribution in [0.15, 0.2) is 16.7 Å². The number of carbonyl (C=O) groups is 1. The van der Waals surface area contributed by atoms with E-state index in [2.05, 4.69) is 9.73 Å². The van der Waals surface area contributed by atoms with E-state index in [1.54, 1.807) is 0 Å². The molecule has 0 unspecified atom stereocenters. The molecule has 1 radical (unpaired) electrons. The van der Waals surface area contributed by atoms with Gasteiger partial charge in [0, 0.05) is 13.1 Å². The molecule has 1 heterocycles. The van der Waals surface area contributed by atoms with E-state index in [0.717, 1.165) is 12.3 Å². The Kier molecular flexibility index (Phi) is 1.62. The maximum atomic E-state index is 10.7. The molecule has 1 aromatic heterocycles. The molecule has 1 amide bonds. The van der Waals surface area contributed by atoms with E-state index in [1.807, 2.05) is 0 Å². The van der Waals surface area contributed by atoms with Gasteiger partial charge in [0.2, 0.25) is 5.75 Å². The summed E-state index contributed by atoms with van der Waals surface area (Å²) in [6, 6.07) is 1.14. The summed E-state index contributed by atoms with van der Waals surface area (Å²) in [6.07, 6.45) is 0.991. The van der Waals surface area contributed by atoms with Crippen LogP contribution < -0.4 is 5.32 Å². The molecule has 0 atom stereocenters. The second kappa shape index (κ2) is 2.43. The molecular formula is C6H6NO3. The van der Waals surface area contributed by atoms with Crippen molar-refractivity contribution in [2.75, 3.05) is 7.05 Å². The molecule has 53 valence electrons. The van der Waals surface area contributed by atoms with Crippen LogP contribution in [-0.2, 0) is 5.11 Å². The Morgan fingerprint density at radius 1 is 1.70 bits per heavy atom. The van der Waals surface area contributed by atoms with Crippen LogP contribution in [0.4, 0.5) is 0 Å². The summed E-state index contributed by atoms with van der Waals surface area (Å²) in [5.41, 5.74) is 0. The van der Waals surface area contributed by atoms with Crippen LogP contribution in [-0.4, -0.2) is 13.0 Å². The van der Waals surface area contributed by atoms with E-state index >= 15 is 0 Å². The average Bonchev–Trinajstić information content (AvgIpc) is 2.34. The van der Waals surface area contributed by atoms with Crippen molar-refractivity contribution in [1.29, 1.82) is 0 Å². The van der Waals surface area contributed by atoms with Crippen molar-refractivity contribution in [2.45, 2.75) is 0 Å². The topological polar surface area (TPSA) is 62.1 Å². The summed E-state index contributed by atoms with van der Waals surface area (Å²) in [5.74, 6) is -0.631. The minimum absolute atomic E-state index is 0.0486. The van der Waals surface area contributed by atoms with Crippen molar-refractivity contribution < 1.29 is 14.3 Å². The lowest BCUT2D eigenvalue weighted by Crippen LogP contribution is -2.16. The molecule has 4 nitrogen and oxygen atoms in total. The SMILES string of the molecule is CNC(=O)c1cc([O])co1. The molecule has 0 aliphatic carbocycles. The van der Waals surface area contributed by atoms with Gasteiger partial charge in [-0.05, 0) is 0 Å². The van der Waals surface area contributed by atoms with Crippen LogP contribution in [0, 0.1) is 0 Å². The van der Waals surface area contributed by atoms with Gasteiger partial charge in [-0.25, -0.2) is 0 Å². The van der Waals surface area contributed by atoms with Crippen molar-refractivity contribution in [2.24, 2.45) is 0 Å². The van der Waals surface area contributed by atoms with Crippen LogP contribution in [0.2, 0.25) is 0 Å². The molecule has 0 spiro atoms. The predicted octanol–water partition coefficient (Wildman–Crippen LogP) is 0.783. The maximum Gasteiger partial charge on any atom is 0.286 e. The fraction of sp³-hybridized carbons (Fsp3) is 0.167. The Hall–Kier alpha value is -1.45. The van der Waals surface area contributed by atoms with Gasteiger partial charge in [-0.1, -0.05) is 0 Å². The van der Waals surface area contributed by atoms with E-state index in [1.165, 1.54) is 7.05 Å². The lowest BCUT2D eigenvalue weighted by atomic mass is 10.4. The molecule has 0 aromatic carbocycles. The molecule has 0 bridgehead atoms. The summed E-state index contributed by atoms with van der Waals surface area (Å²) in [5, 5.41) is 12.8. The molecule has 0 saturated heterocycles. The van der Waals surface area contributed by atoms with Gasteiger partial charge in [0.1, 0.15) is 6.26 Å². The highest BCUT2D eigenvalue weighted by molar-refractivity contribution is 5.91. The molecule has 0 aliphatic heterocycles. The van der Waals surface area contributed by atoms with Gasteiger partial charge in [-0.2, -0.15) is 0 Å². The van der Waals surface area contributed by atoms with E-state index in [-0.39, 0.29) is 17.4 Å². The molecule has 1 rings (SSSR count). The highest BCUT2D eigenvalue weighted by atomic mass is 16.4. The number of nitrogens with one attached hydrogen (secondary N) is 1. The largest absolute Gasteiger partial charge is 0.455 e. The van der Waals surface area contributed by atoms with E-state index in [0.29, 0.717) is 0 Å². The normalized spacial score (nSPS) is 9.30. The van der Waals surface area contributed by atoms with Gasteiger partial charge in [0.25, 0.3) is 5.91 Å².